The van der Waals surface area contributed by atoms with Crippen LogP contribution in [0.5, 0.6) is 0 Å². The molecule has 0 aromatic heterocycles. The number of ether oxygens (including phenoxy) is 2. The number of carbonyl (C=O) groups excluding carboxylic acids is 2. The number of benzene rings is 1. The third kappa shape index (κ3) is 3.96. The van der Waals surface area contributed by atoms with E-state index in [1.54, 1.807) is 6.92 Å². The van der Waals surface area contributed by atoms with Gasteiger partial charge in [-0.05, 0) is 47.6 Å². The molecule has 1 aliphatic rings. The number of amides is 1. The number of esters is 1. The zero-order chi connectivity index (χ0) is 17.7. The van der Waals surface area contributed by atoms with Crippen molar-refractivity contribution in [2.75, 3.05) is 6.61 Å². The molecular weight excluding hydrogens is 306 g/mol. The molecule has 1 heterocycles. The van der Waals surface area contributed by atoms with Crippen molar-refractivity contribution in [1.29, 1.82) is 0 Å². The zero-order valence-electron chi connectivity index (χ0n) is 15.0. The molecule has 0 saturated carbocycles. The van der Waals surface area contributed by atoms with Crippen LogP contribution in [0.4, 0.5) is 0 Å². The molecule has 1 aliphatic heterocycles. The number of carbonyl (C=O) groups is 2. The normalized spacial score (nSPS) is 14.2. The summed E-state index contributed by atoms with van der Waals surface area (Å²) < 4.78 is 10.8. The van der Waals surface area contributed by atoms with Crippen LogP contribution in [0, 0.1) is 0 Å². The molecule has 132 valence electrons. The standard InChI is InChI=1S/C19H27NO4/c1-5-13-8-14(15(6-2)17-11-23-10-16(13)17)9-18(20-12(4)21)19(22)24-7-3/h8,18H,5-7,9-11H2,1-4H3,(H,20,21). The maximum absolute atomic E-state index is 12.2. The Hall–Kier alpha value is -1.88. The summed E-state index contributed by atoms with van der Waals surface area (Å²) in [6.07, 6.45) is 2.25. The zero-order valence-corrected chi connectivity index (χ0v) is 15.0. The second-order valence-electron chi connectivity index (χ2n) is 6.04. The fraction of sp³-hybridized carbons (Fsp3) is 0.579. The van der Waals surface area contributed by atoms with E-state index >= 15 is 0 Å². The van der Waals surface area contributed by atoms with Gasteiger partial charge in [-0.1, -0.05) is 19.9 Å². The Balaban J connectivity index is 2.38. The van der Waals surface area contributed by atoms with Crippen LogP contribution in [0.3, 0.4) is 0 Å². The predicted octanol–water partition coefficient (Wildman–Crippen LogP) is 2.45. The van der Waals surface area contributed by atoms with Gasteiger partial charge in [0.1, 0.15) is 6.04 Å². The van der Waals surface area contributed by atoms with Gasteiger partial charge >= 0.3 is 5.97 Å². The van der Waals surface area contributed by atoms with Gasteiger partial charge in [0.15, 0.2) is 0 Å². The summed E-state index contributed by atoms with van der Waals surface area (Å²) in [4.78, 5) is 23.7. The molecule has 5 heteroatoms. The Morgan fingerprint density at radius 1 is 1.17 bits per heavy atom. The first-order valence-corrected chi connectivity index (χ1v) is 8.68. The minimum absolute atomic E-state index is 0.230. The van der Waals surface area contributed by atoms with Crippen LogP contribution in [0.1, 0.15) is 55.5 Å². The van der Waals surface area contributed by atoms with Crippen molar-refractivity contribution in [2.24, 2.45) is 0 Å². The number of fused-ring (bicyclic) bond motifs is 1. The Labute approximate surface area is 143 Å². The molecule has 0 spiro atoms. The number of hydrogen-bond donors (Lipinski definition) is 1. The SMILES string of the molecule is CCOC(=O)C(Cc1cc(CC)c2c(c1CC)COC2)NC(C)=O. The summed E-state index contributed by atoms with van der Waals surface area (Å²) in [7, 11) is 0. The van der Waals surface area contributed by atoms with Crippen molar-refractivity contribution in [3.05, 3.63) is 33.9 Å². The average molecular weight is 333 g/mol. The fourth-order valence-corrected chi connectivity index (χ4v) is 3.40. The molecule has 0 aliphatic carbocycles. The maximum atomic E-state index is 12.2. The van der Waals surface area contributed by atoms with E-state index in [0.717, 1.165) is 18.4 Å². The third-order valence-corrected chi connectivity index (χ3v) is 4.45. The highest BCUT2D eigenvalue weighted by molar-refractivity contribution is 5.83. The lowest BCUT2D eigenvalue weighted by Crippen LogP contribution is -2.42. The van der Waals surface area contributed by atoms with E-state index in [4.69, 9.17) is 9.47 Å². The lowest BCUT2D eigenvalue weighted by Gasteiger charge is -2.21. The number of nitrogens with one attached hydrogen (secondary N) is 1. The number of hydrogen-bond acceptors (Lipinski definition) is 4. The van der Waals surface area contributed by atoms with E-state index in [1.807, 2.05) is 0 Å². The highest BCUT2D eigenvalue weighted by Crippen LogP contribution is 2.31. The van der Waals surface area contributed by atoms with Crippen molar-refractivity contribution in [2.45, 2.75) is 66.2 Å². The summed E-state index contributed by atoms with van der Waals surface area (Å²) >= 11 is 0. The topological polar surface area (TPSA) is 64.6 Å². The maximum Gasteiger partial charge on any atom is 0.328 e. The molecule has 0 fully saturated rings. The number of aryl methyl sites for hydroxylation is 1. The largest absolute Gasteiger partial charge is 0.464 e. The minimum Gasteiger partial charge on any atom is -0.464 e. The summed E-state index contributed by atoms with van der Waals surface area (Å²) in [5.74, 6) is -0.615. The van der Waals surface area contributed by atoms with Gasteiger partial charge in [-0.2, -0.15) is 0 Å². The Morgan fingerprint density at radius 2 is 1.88 bits per heavy atom. The molecule has 2 rings (SSSR count). The van der Waals surface area contributed by atoms with Gasteiger partial charge in [0.2, 0.25) is 5.91 Å². The van der Waals surface area contributed by atoms with Crippen LogP contribution < -0.4 is 5.32 Å². The van der Waals surface area contributed by atoms with Crippen LogP contribution >= 0.6 is 0 Å². The van der Waals surface area contributed by atoms with Crippen molar-refractivity contribution >= 4 is 11.9 Å². The van der Waals surface area contributed by atoms with E-state index in [0.29, 0.717) is 26.2 Å². The summed E-state index contributed by atoms with van der Waals surface area (Å²) in [5, 5.41) is 2.72. The highest BCUT2D eigenvalue weighted by Gasteiger charge is 2.26. The van der Waals surface area contributed by atoms with Crippen LogP contribution in [0.15, 0.2) is 6.07 Å². The molecule has 1 aromatic rings. The molecule has 1 unspecified atom stereocenters. The van der Waals surface area contributed by atoms with E-state index in [9.17, 15) is 9.59 Å². The second-order valence-corrected chi connectivity index (χ2v) is 6.04. The van der Waals surface area contributed by atoms with Crippen LogP contribution in [-0.2, 0) is 51.5 Å². The molecule has 1 atom stereocenters. The average Bonchev–Trinajstić information content (AvgIpc) is 3.02. The van der Waals surface area contributed by atoms with E-state index < -0.39 is 6.04 Å². The van der Waals surface area contributed by atoms with Crippen LogP contribution in [0.2, 0.25) is 0 Å². The van der Waals surface area contributed by atoms with Gasteiger partial charge in [-0.25, -0.2) is 4.79 Å². The van der Waals surface area contributed by atoms with E-state index in [2.05, 4.69) is 25.2 Å². The van der Waals surface area contributed by atoms with Gasteiger partial charge in [0.25, 0.3) is 0 Å². The lowest BCUT2D eigenvalue weighted by molar-refractivity contribution is -0.147. The molecule has 0 bridgehead atoms. The molecule has 0 radical (unpaired) electrons. The molecule has 24 heavy (non-hydrogen) atoms. The third-order valence-electron chi connectivity index (χ3n) is 4.45. The smallest absolute Gasteiger partial charge is 0.328 e. The first kappa shape index (κ1) is 18.5. The predicted molar refractivity (Wildman–Crippen MR) is 91.6 cm³/mol. The second kappa shape index (κ2) is 8.29. The van der Waals surface area contributed by atoms with E-state index in [-0.39, 0.29) is 11.9 Å². The van der Waals surface area contributed by atoms with Gasteiger partial charge in [-0.3, -0.25) is 4.79 Å². The van der Waals surface area contributed by atoms with Crippen LogP contribution in [0.25, 0.3) is 0 Å². The fourth-order valence-electron chi connectivity index (χ4n) is 3.40. The molecular formula is C19H27NO4. The van der Waals surface area contributed by atoms with Crippen molar-refractivity contribution in [1.82, 2.24) is 5.32 Å². The Bertz CT molecular complexity index is 624. The van der Waals surface area contributed by atoms with E-state index in [1.165, 1.54) is 29.2 Å². The molecule has 1 amide bonds. The monoisotopic (exact) mass is 333 g/mol. The summed E-state index contributed by atoms with van der Waals surface area (Å²) in [5.41, 5.74) is 6.16. The first-order valence-electron chi connectivity index (χ1n) is 8.68. The van der Waals surface area contributed by atoms with Gasteiger partial charge in [0, 0.05) is 13.3 Å². The Morgan fingerprint density at radius 3 is 2.46 bits per heavy atom. The minimum atomic E-state index is -0.655. The van der Waals surface area contributed by atoms with Crippen molar-refractivity contribution in [3.63, 3.8) is 0 Å². The van der Waals surface area contributed by atoms with Crippen molar-refractivity contribution in [3.8, 4) is 0 Å². The summed E-state index contributed by atoms with van der Waals surface area (Å²) in [6.45, 7) is 9.01. The first-order chi connectivity index (χ1) is 11.5. The van der Waals surface area contributed by atoms with Gasteiger partial charge in [-0.15, -0.1) is 0 Å². The number of rotatable bonds is 7. The molecule has 1 aromatic carbocycles. The summed E-state index contributed by atoms with van der Waals surface area (Å²) in [6, 6.07) is 1.51. The molecule has 0 saturated heterocycles. The molecule has 5 nitrogen and oxygen atoms in total. The van der Waals surface area contributed by atoms with Gasteiger partial charge < -0.3 is 14.8 Å². The highest BCUT2D eigenvalue weighted by atomic mass is 16.5. The van der Waals surface area contributed by atoms with Crippen molar-refractivity contribution < 1.29 is 19.1 Å². The molecule has 1 N–H and O–H groups in total. The van der Waals surface area contributed by atoms with Crippen LogP contribution in [-0.4, -0.2) is 24.5 Å². The lowest BCUT2D eigenvalue weighted by atomic mass is 9.88. The van der Waals surface area contributed by atoms with Gasteiger partial charge in [0.05, 0.1) is 19.8 Å². The quantitative estimate of drug-likeness (QED) is 0.779. The Kier molecular flexibility index (Phi) is 6.37.